The molecular formula is C18H24BrN3O3. The van der Waals surface area contributed by atoms with E-state index in [1.54, 1.807) is 22.2 Å². The summed E-state index contributed by atoms with van der Waals surface area (Å²) in [5.41, 5.74) is 0.582. The number of amides is 3. The average molecular weight is 410 g/mol. The molecule has 1 saturated heterocycles. The Bertz CT molecular complexity index is 618. The second-order valence-electron chi connectivity index (χ2n) is 6.10. The first-order valence-corrected chi connectivity index (χ1v) is 9.40. The van der Waals surface area contributed by atoms with E-state index in [2.05, 4.69) is 21.2 Å². The Morgan fingerprint density at radius 2 is 1.72 bits per heavy atom. The molecule has 0 saturated carbocycles. The second-order valence-corrected chi connectivity index (χ2v) is 7.01. The molecular weight excluding hydrogens is 386 g/mol. The molecule has 1 aliphatic rings. The van der Waals surface area contributed by atoms with E-state index in [-0.39, 0.29) is 17.7 Å². The van der Waals surface area contributed by atoms with E-state index >= 15 is 0 Å². The summed E-state index contributed by atoms with van der Waals surface area (Å²) in [4.78, 5) is 35.9. The molecule has 1 fully saturated rings. The molecule has 1 aromatic carbocycles. The van der Waals surface area contributed by atoms with Crippen LogP contribution in [0.3, 0.4) is 0 Å². The van der Waals surface area contributed by atoms with Crippen molar-refractivity contribution in [2.45, 2.75) is 39.0 Å². The summed E-state index contributed by atoms with van der Waals surface area (Å²) in [5, 5.41) is 5.88. The molecule has 0 spiro atoms. The number of nitrogens with zero attached hydrogens (tertiary/aromatic N) is 2. The quantitative estimate of drug-likeness (QED) is 0.703. The van der Waals surface area contributed by atoms with E-state index in [1.165, 1.54) is 6.92 Å². The normalized spacial score (nSPS) is 13.8. The maximum atomic E-state index is 12.6. The van der Waals surface area contributed by atoms with Crippen molar-refractivity contribution < 1.29 is 14.4 Å². The van der Waals surface area contributed by atoms with Crippen LogP contribution in [0.15, 0.2) is 28.7 Å². The van der Waals surface area contributed by atoms with Crippen LogP contribution < -0.4 is 5.32 Å². The molecule has 1 heterocycles. The van der Waals surface area contributed by atoms with Crippen LogP contribution in [0, 0.1) is 0 Å². The molecule has 7 heteroatoms. The Hall–Kier alpha value is -1.89. The molecule has 3 amide bonds. The van der Waals surface area contributed by atoms with Gasteiger partial charge in [0.05, 0.1) is 0 Å². The first kappa shape index (κ1) is 19.4. The van der Waals surface area contributed by atoms with Gasteiger partial charge in [-0.2, -0.15) is 0 Å². The van der Waals surface area contributed by atoms with Gasteiger partial charge >= 0.3 is 0 Å². The topological polar surface area (TPSA) is 69.7 Å². The van der Waals surface area contributed by atoms with Crippen LogP contribution in [0.1, 0.15) is 49.4 Å². The van der Waals surface area contributed by atoms with Crippen molar-refractivity contribution in [2.75, 3.05) is 19.6 Å². The fraction of sp³-hybridized carbons (Fsp3) is 0.500. The molecule has 0 aromatic heterocycles. The average Bonchev–Trinajstić information content (AvgIpc) is 3.07. The molecule has 0 unspecified atom stereocenters. The number of unbranched alkanes of at least 4 members (excludes halogenated alkanes) is 2. The van der Waals surface area contributed by atoms with E-state index in [0.717, 1.165) is 30.2 Å². The number of carbonyl (C=O) groups excluding carboxylic acids is 3. The predicted octanol–water partition coefficient (Wildman–Crippen LogP) is 2.74. The standard InChI is InChI=1S/C18H24BrN3O3/c1-14(23)20-11-4-2-3-6-17(24)21-12-5-13-22(21)18(25)15-7-9-16(19)10-8-15/h7-10H,2-6,11-13H2,1H3,(H,20,23). The maximum absolute atomic E-state index is 12.6. The van der Waals surface area contributed by atoms with Gasteiger partial charge in [0.15, 0.2) is 0 Å². The van der Waals surface area contributed by atoms with Crippen LogP contribution in [0.25, 0.3) is 0 Å². The van der Waals surface area contributed by atoms with Gasteiger partial charge in [0.25, 0.3) is 5.91 Å². The minimum atomic E-state index is -0.135. The number of hydrogen-bond acceptors (Lipinski definition) is 3. The van der Waals surface area contributed by atoms with E-state index in [1.807, 2.05) is 12.1 Å². The molecule has 0 aliphatic carbocycles. The van der Waals surface area contributed by atoms with Crippen molar-refractivity contribution in [1.29, 1.82) is 0 Å². The van der Waals surface area contributed by atoms with Crippen molar-refractivity contribution in [3.05, 3.63) is 34.3 Å². The lowest BCUT2D eigenvalue weighted by atomic mass is 10.2. The number of rotatable bonds is 7. The molecule has 0 atom stereocenters. The van der Waals surface area contributed by atoms with Crippen LogP contribution in [-0.2, 0) is 9.59 Å². The van der Waals surface area contributed by atoms with Gasteiger partial charge in [-0.15, -0.1) is 0 Å². The van der Waals surface area contributed by atoms with E-state index < -0.39 is 0 Å². The van der Waals surface area contributed by atoms with Crippen LogP contribution in [-0.4, -0.2) is 47.4 Å². The molecule has 1 N–H and O–H groups in total. The van der Waals surface area contributed by atoms with E-state index in [9.17, 15) is 14.4 Å². The SMILES string of the molecule is CC(=O)NCCCCCC(=O)N1CCCN1C(=O)c1ccc(Br)cc1. The highest BCUT2D eigenvalue weighted by Crippen LogP contribution is 2.18. The molecule has 2 rings (SSSR count). The summed E-state index contributed by atoms with van der Waals surface area (Å²) >= 11 is 3.35. The zero-order valence-electron chi connectivity index (χ0n) is 14.5. The molecule has 0 radical (unpaired) electrons. The zero-order valence-corrected chi connectivity index (χ0v) is 16.0. The highest BCUT2D eigenvalue weighted by Gasteiger charge is 2.30. The van der Waals surface area contributed by atoms with Crippen molar-refractivity contribution in [1.82, 2.24) is 15.3 Å². The lowest BCUT2D eigenvalue weighted by Crippen LogP contribution is -2.44. The molecule has 136 valence electrons. The number of hydrogen-bond donors (Lipinski definition) is 1. The van der Waals surface area contributed by atoms with Crippen molar-refractivity contribution >= 4 is 33.7 Å². The van der Waals surface area contributed by atoms with Crippen molar-refractivity contribution in [3.8, 4) is 0 Å². The smallest absolute Gasteiger partial charge is 0.272 e. The lowest BCUT2D eigenvalue weighted by Gasteiger charge is -2.28. The van der Waals surface area contributed by atoms with Gasteiger partial charge in [-0.25, -0.2) is 5.01 Å². The van der Waals surface area contributed by atoms with Crippen molar-refractivity contribution in [2.24, 2.45) is 0 Å². The first-order chi connectivity index (χ1) is 12.0. The van der Waals surface area contributed by atoms with Crippen LogP contribution in [0.2, 0.25) is 0 Å². The lowest BCUT2D eigenvalue weighted by molar-refractivity contribution is -0.140. The number of hydrazine groups is 1. The summed E-state index contributed by atoms with van der Waals surface area (Å²) in [7, 11) is 0. The van der Waals surface area contributed by atoms with Gasteiger partial charge in [-0.05, 0) is 43.5 Å². The van der Waals surface area contributed by atoms with Gasteiger partial charge < -0.3 is 5.32 Å². The maximum Gasteiger partial charge on any atom is 0.272 e. The van der Waals surface area contributed by atoms with E-state index in [0.29, 0.717) is 31.6 Å². The third kappa shape index (κ3) is 5.85. The van der Waals surface area contributed by atoms with Crippen LogP contribution >= 0.6 is 15.9 Å². The summed E-state index contributed by atoms with van der Waals surface area (Å²) in [6, 6.07) is 7.17. The zero-order chi connectivity index (χ0) is 18.2. The largest absolute Gasteiger partial charge is 0.356 e. The Labute approximate surface area is 156 Å². The highest BCUT2D eigenvalue weighted by molar-refractivity contribution is 9.10. The monoisotopic (exact) mass is 409 g/mol. The fourth-order valence-corrected chi connectivity index (χ4v) is 3.06. The van der Waals surface area contributed by atoms with Crippen LogP contribution in [0.5, 0.6) is 0 Å². The molecule has 1 aliphatic heterocycles. The third-order valence-electron chi connectivity index (χ3n) is 4.09. The van der Waals surface area contributed by atoms with Crippen molar-refractivity contribution in [3.63, 3.8) is 0 Å². The Morgan fingerprint density at radius 1 is 1.04 bits per heavy atom. The molecule has 25 heavy (non-hydrogen) atoms. The van der Waals surface area contributed by atoms with Gasteiger partial charge in [-0.3, -0.25) is 19.4 Å². The van der Waals surface area contributed by atoms with Gasteiger partial charge in [-0.1, -0.05) is 22.4 Å². The molecule has 1 aromatic rings. The second kappa shape index (κ2) is 9.56. The third-order valence-corrected chi connectivity index (χ3v) is 4.61. The highest BCUT2D eigenvalue weighted by atomic mass is 79.9. The Kier molecular flexibility index (Phi) is 7.43. The summed E-state index contributed by atoms with van der Waals surface area (Å²) in [6.45, 7) is 3.30. The minimum Gasteiger partial charge on any atom is -0.356 e. The number of halogens is 1. The number of carbonyl (C=O) groups is 3. The Balaban J connectivity index is 1.81. The van der Waals surface area contributed by atoms with Gasteiger partial charge in [0.1, 0.15) is 0 Å². The van der Waals surface area contributed by atoms with Gasteiger partial charge in [0.2, 0.25) is 11.8 Å². The number of nitrogens with one attached hydrogen (secondary N) is 1. The minimum absolute atomic E-state index is 0.0116. The number of benzene rings is 1. The summed E-state index contributed by atoms with van der Waals surface area (Å²) < 4.78 is 0.915. The van der Waals surface area contributed by atoms with Crippen LogP contribution in [0.4, 0.5) is 0 Å². The fourth-order valence-electron chi connectivity index (χ4n) is 2.80. The molecule has 6 nitrogen and oxygen atoms in total. The predicted molar refractivity (Wildman–Crippen MR) is 98.7 cm³/mol. The van der Waals surface area contributed by atoms with E-state index in [4.69, 9.17) is 0 Å². The first-order valence-electron chi connectivity index (χ1n) is 8.61. The Morgan fingerprint density at radius 3 is 2.40 bits per heavy atom. The van der Waals surface area contributed by atoms with Gasteiger partial charge in [0, 0.05) is 43.0 Å². The molecule has 0 bridgehead atoms. The summed E-state index contributed by atoms with van der Waals surface area (Å²) in [5.74, 6) is -0.179. The summed E-state index contributed by atoms with van der Waals surface area (Å²) in [6.07, 6.45) is 3.71.